The van der Waals surface area contributed by atoms with Crippen LogP contribution in [0.4, 0.5) is 5.69 Å². The maximum atomic E-state index is 13.6. The van der Waals surface area contributed by atoms with E-state index in [1.165, 1.54) is 6.92 Å². The van der Waals surface area contributed by atoms with E-state index < -0.39 is 12.1 Å². The standard InChI is InChI=1S/C23H27ClN2O4/c1-15(27)30-22-20(16-6-9-19(29-4)10-7-16)13-17-5-8-18(24)14-21(17)26(23(22)28)12-11-25(2)3/h5-10,14,20,22H,11-13H2,1-4H3/t20-,22+/m0/s1. The van der Waals surface area contributed by atoms with Gasteiger partial charge in [0, 0.05) is 36.6 Å². The van der Waals surface area contributed by atoms with Gasteiger partial charge in [-0.3, -0.25) is 9.59 Å². The van der Waals surface area contributed by atoms with Gasteiger partial charge in [-0.25, -0.2) is 0 Å². The summed E-state index contributed by atoms with van der Waals surface area (Å²) < 4.78 is 10.9. The fourth-order valence-electron chi connectivity index (χ4n) is 3.73. The Labute approximate surface area is 182 Å². The van der Waals surface area contributed by atoms with Gasteiger partial charge in [0.05, 0.1) is 7.11 Å². The zero-order chi connectivity index (χ0) is 21.8. The zero-order valence-electron chi connectivity index (χ0n) is 17.7. The molecule has 2 aromatic carbocycles. The summed E-state index contributed by atoms with van der Waals surface area (Å²) in [4.78, 5) is 29.2. The van der Waals surface area contributed by atoms with Crippen LogP contribution in [-0.2, 0) is 20.7 Å². The number of hydrogen-bond donors (Lipinski definition) is 0. The van der Waals surface area contributed by atoms with E-state index in [2.05, 4.69) is 0 Å². The molecule has 0 saturated heterocycles. The predicted molar refractivity (Wildman–Crippen MR) is 117 cm³/mol. The number of carbonyl (C=O) groups excluding carboxylic acids is 2. The number of halogens is 1. The molecular weight excluding hydrogens is 404 g/mol. The van der Waals surface area contributed by atoms with Crippen molar-refractivity contribution in [2.24, 2.45) is 0 Å². The number of ether oxygens (including phenoxy) is 2. The molecule has 0 unspecified atom stereocenters. The molecule has 2 aromatic rings. The summed E-state index contributed by atoms with van der Waals surface area (Å²) in [5.41, 5.74) is 2.66. The molecule has 0 spiro atoms. The SMILES string of the molecule is COc1ccc([C@@H]2Cc3ccc(Cl)cc3N(CCN(C)C)C(=O)[C@@H]2OC(C)=O)cc1. The van der Waals surface area contributed by atoms with E-state index >= 15 is 0 Å². The molecule has 7 heteroatoms. The third kappa shape index (κ3) is 4.94. The van der Waals surface area contributed by atoms with Crippen LogP contribution in [0, 0.1) is 0 Å². The van der Waals surface area contributed by atoms with Gasteiger partial charge in [0.1, 0.15) is 5.75 Å². The van der Waals surface area contributed by atoms with Crippen LogP contribution in [0.1, 0.15) is 24.0 Å². The molecule has 1 aliphatic heterocycles. The number of benzene rings is 2. The molecule has 1 amide bonds. The minimum absolute atomic E-state index is 0.242. The number of rotatable bonds is 6. The van der Waals surface area contributed by atoms with E-state index in [1.54, 1.807) is 12.0 Å². The third-order valence-corrected chi connectivity index (χ3v) is 5.50. The molecule has 0 aliphatic carbocycles. The van der Waals surface area contributed by atoms with E-state index in [9.17, 15) is 9.59 Å². The summed E-state index contributed by atoms with van der Waals surface area (Å²) in [6.45, 7) is 2.46. The number of likely N-dealkylation sites (N-methyl/N-ethyl adjacent to an activating group) is 1. The fourth-order valence-corrected chi connectivity index (χ4v) is 3.90. The summed E-state index contributed by atoms with van der Waals surface area (Å²) in [7, 11) is 5.50. The molecule has 1 heterocycles. The van der Waals surface area contributed by atoms with Gasteiger partial charge in [-0.05, 0) is 55.9 Å². The van der Waals surface area contributed by atoms with Crippen molar-refractivity contribution in [1.82, 2.24) is 4.90 Å². The quantitative estimate of drug-likeness (QED) is 0.656. The molecule has 0 saturated carbocycles. The summed E-state index contributed by atoms with van der Waals surface area (Å²) in [6.07, 6.45) is -0.384. The number of nitrogens with zero attached hydrogens (tertiary/aromatic N) is 2. The maximum Gasteiger partial charge on any atom is 0.303 e. The van der Waals surface area contributed by atoms with Crippen molar-refractivity contribution in [2.45, 2.75) is 25.4 Å². The second-order valence-electron chi connectivity index (χ2n) is 7.68. The largest absolute Gasteiger partial charge is 0.497 e. The van der Waals surface area contributed by atoms with E-state index in [4.69, 9.17) is 21.1 Å². The Morgan fingerprint density at radius 3 is 2.50 bits per heavy atom. The normalized spacial score (nSPS) is 18.7. The number of fused-ring (bicyclic) bond motifs is 1. The van der Waals surface area contributed by atoms with Gasteiger partial charge in [-0.15, -0.1) is 0 Å². The number of esters is 1. The molecule has 30 heavy (non-hydrogen) atoms. The van der Waals surface area contributed by atoms with Crippen LogP contribution in [0.15, 0.2) is 42.5 Å². The van der Waals surface area contributed by atoms with Crippen LogP contribution in [0.5, 0.6) is 5.75 Å². The lowest BCUT2D eigenvalue weighted by atomic mass is 9.87. The van der Waals surface area contributed by atoms with Gasteiger partial charge in [0.25, 0.3) is 5.91 Å². The first-order chi connectivity index (χ1) is 14.3. The first-order valence-electron chi connectivity index (χ1n) is 9.86. The Balaban J connectivity index is 2.09. The number of methoxy groups -OCH3 is 1. The van der Waals surface area contributed by atoms with Crippen LogP contribution in [0.3, 0.4) is 0 Å². The third-order valence-electron chi connectivity index (χ3n) is 5.26. The molecule has 2 atom stereocenters. The molecule has 0 fully saturated rings. The number of anilines is 1. The van der Waals surface area contributed by atoms with Gasteiger partial charge in [-0.2, -0.15) is 0 Å². The molecular formula is C23H27ClN2O4. The smallest absolute Gasteiger partial charge is 0.303 e. The topological polar surface area (TPSA) is 59.1 Å². The van der Waals surface area contributed by atoms with Crippen molar-refractivity contribution in [3.63, 3.8) is 0 Å². The van der Waals surface area contributed by atoms with Crippen molar-refractivity contribution < 1.29 is 19.1 Å². The van der Waals surface area contributed by atoms with E-state index in [-0.39, 0.29) is 11.8 Å². The van der Waals surface area contributed by atoms with Gasteiger partial charge in [0.2, 0.25) is 0 Å². The average molecular weight is 431 g/mol. The highest BCUT2D eigenvalue weighted by Crippen LogP contribution is 2.38. The summed E-state index contributed by atoms with van der Waals surface area (Å²) in [5, 5.41) is 0.559. The van der Waals surface area contributed by atoms with Gasteiger partial charge in [0.15, 0.2) is 6.10 Å². The van der Waals surface area contributed by atoms with Crippen LogP contribution >= 0.6 is 11.6 Å². The Bertz CT molecular complexity index is 914. The minimum Gasteiger partial charge on any atom is -0.497 e. The molecule has 160 valence electrons. The van der Waals surface area contributed by atoms with E-state index in [0.717, 1.165) is 22.6 Å². The van der Waals surface area contributed by atoms with E-state index in [1.807, 2.05) is 61.5 Å². The van der Waals surface area contributed by atoms with Crippen molar-refractivity contribution >= 4 is 29.2 Å². The highest BCUT2D eigenvalue weighted by molar-refractivity contribution is 6.31. The molecule has 6 nitrogen and oxygen atoms in total. The zero-order valence-corrected chi connectivity index (χ0v) is 18.5. The van der Waals surface area contributed by atoms with Crippen LogP contribution in [0.25, 0.3) is 0 Å². The second kappa shape index (κ2) is 9.49. The van der Waals surface area contributed by atoms with Crippen molar-refractivity contribution in [3.05, 3.63) is 58.6 Å². The lowest BCUT2D eigenvalue weighted by Gasteiger charge is -2.29. The highest BCUT2D eigenvalue weighted by Gasteiger charge is 2.40. The molecule has 0 bridgehead atoms. The van der Waals surface area contributed by atoms with Gasteiger partial charge < -0.3 is 19.3 Å². The fraction of sp³-hybridized carbons (Fsp3) is 0.391. The maximum absolute atomic E-state index is 13.6. The number of amides is 1. The molecule has 0 aromatic heterocycles. The van der Waals surface area contributed by atoms with Gasteiger partial charge >= 0.3 is 5.97 Å². The van der Waals surface area contributed by atoms with Crippen molar-refractivity contribution in [2.75, 3.05) is 39.2 Å². The summed E-state index contributed by atoms with van der Waals surface area (Å²) >= 11 is 6.27. The van der Waals surface area contributed by atoms with E-state index in [0.29, 0.717) is 24.5 Å². The Morgan fingerprint density at radius 2 is 1.90 bits per heavy atom. The van der Waals surface area contributed by atoms with Crippen LogP contribution in [0.2, 0.25) is 5.02 Å². The highest BCUT2D eigenvalue weighted by atomic mass is 35.5. The lowest BCUT2D eigenvalue weighted by molar-refractivity contribution is -0.154. The van der Waals surface area contributed by atoms with Crippen molar-refractivity contribution in [3.8, 4) is 5.75 Å². The molecule has 1 aliphatic rings. The number of hydrogen-bond acceptors (Lipinski definition) is 5. The average Bonchev–Trinajstić information content (AvgIpc) is 2.81. The molecule has 0 N–H and O–H groups in total. The Kier molecular flexibility index (Phi) is 7.00. The molecule has 0 radical (unpaired) electrons. The van der Waals surface area contributed by atoms with Gasteiger partial charge in [-0.1, -0.05) is 29.8 Å². The first kappa shape index (κ1) is 22.1. The van der Waals surface area contributed by atoms with Crippen LogP contribution < -0.4 is 9.64 Å². The minimum atomic E-state index is -0.927. The first-order valence-corrected chi connectivity index (χ1v) is 10.2. The van der Waals surface area contributed by atoms with Crippen LogP contribution in [-0.4, -0.2) is 57.2 Å². The predicted octanol–water partition coefficient (Wildman–Crippen LogP) is 3.51. The summed E-state index contributed by atoms with van der Waals surface area (Å²) in [6, 6.07) is 13.1. The van der Waals surface area contributed by atoms with Crippen molar-refractivity contribution in [1.29, 1.82) is 0 Å². The molecule has 3 rings (SSSR count). The summed E-state index contributed by atoms with van der Waals surface area (Å²) in [5.74, 6) is -0.323. The Hall–Kier alpha value is -2.57. The number of carbonyl (C=O) groups is 2. The lowest BCUT2D eigenvalue weighted by Crippen LogP contribution is -2.45. The Morgan fingerprint density at radius 1 is 1.20 bits per heavy atom. The second-order valence-corrected chi connectivity index (χ2v) is 8.12. The monoisotopic (exact) mass is 430 g/mol.